The molecule has 6 nitrogen and oxygen atoms in total. The predicted molar refractivity (Wildman–Crippen MR) is 101 cm³/mol. The summed E-state index contributed by atoms with van der Waals surface area (Å²) in [6.07, 6.45) is 8.05. The van der Waals surface area contributed by atoms with Crippen molar-refractivity contribution >= 4 is 11.8 Å². The van der Waals surface area contributed by atoms with Crippen LogP contribution in [-0.4, -0.2) is 41.4 Å². The maximum absolute atomic E-state index is 12.0. The molecule has 2 amide bonds. The predicted octanol–water partition coefficient (Wildman–Crippen LogP) is 2.81. The van der Waals surface area contributed by atoms with Crippen molar-refractivity contribution in [3.05, 3.63) is 23.9 Å². The van der Waals surface area contributed by atoms with Gasteiger partial charge in [0.05, 0.1) is 5.60 Å². The van der Waals surface area contributed by atoms with Gasteiger partial charge in [-0.05, 0) is 43.4 Å². The number of urea groups is 1. The fraction of sp³-hybridized carbons (Fsp3) is 0.684. The summed E-state index contributed by atoms with van der Waals surface area (Å²) < 4.78 is 0. The molecule has 3 N–H and O–H groups in total. The molecule has 0 unspecified atom stereocenters. The molecule has 2 rings (SSSR count). The molecule has 1 aromatic rings. The summed E-state index contributed by atoms with van der Waals surface area (Å²) in [5, 5.41) is 15.8. The number of carbonyl (C=O) groups excluding carboxylic acids is 1. The van der Waals surface area contributed by atoms with Crippen molar-refractivity contribution in [1.82, 2.24) is 15.6 Å². The second kappa shape index (κ2) is 9.61. The minimum atomic E-state index is -0.825. The highest BCUT2D eigenvalue weighted by Gasteiger charge is 2.22. The van der Waals surface area contributed by atoms with Gasteiger partial charge >= 0.3 is 6.03 Å². The van der Waals surface area contributed by atoms with Gasteiger partial charge in [0, 0.05) is 32.4 Å². The standard InChI is InChI=1S/C19H32N4O2/c1-3-19(25,4-2)15-22-18(24)21-14-16-9-10-20-17(13-16)23-11-7-5-6-8-12-23/h9-10,13,25H,3-8,11-12,14-15H2,1-2H3,(H2,21,22,24). The van der Waals surface area contributed by atoms with Gasteiger partial charge in [0.2, 0.25) is 0 Å². The van der Waals surface area contributed by atoms with E-state index in [2.05, 4.69) is 26.6 Å². The Hall–Kier alpha value is -1.82. The molecule has 25 heavy (non-hydrogen) atoms. The number of carbonyl (C=O) groups is 1. The van der Waals surface area contributed by atoms with Crippen LogP contribution in [0.4, 0.5) is 10.6 Å². The molecule has 0 saturated carbocycles. The van der Waals surface area contributed by atoms with E-state index in [0.29, 0.717) is 19.4 Å². The average molecular weight is 348 g/mol. The Kier molecular flexibility index (Phi) is 7.50. The van der Waals surface area contributed by atoms with Crippen LogP contribution in [0.15, 0.2) is 18.3 Å². The van der Waals surface area contributed by atoms with Crippen molar-refractivity contribution in [1.29, 1.82) is 0 Å². The Morgan fingerprint density at radius 1 is 1.20 bits per heavy atom. The van der Waals surface area contributed by atoms with Gasteiger partial charge in [0.15, 0.2) is 0 Å². The van der Waals surface area contributed by atoms with Crippen molar-refractivity contribution in [3.8, 4) is 0 Å². The molecule has 1 aliphatic heterocycles. The Balaban J connectivity index is 1.84. The summed E-state index contributed by atoms with van der Waals surface area (Å²) in [6.45, 7) is 6.66. The molecule has 6 heteroatoms. The van der Waals surface area contributed by atoms with E-state index in [1.54, 1.807) is 0 Å². The molecule has 0 aliphatic carbocycles. The van der Waals surface area contributed by atoms with Crippen LogP contribution in [0.5, 0.6) is 0 Å². The number of anilines is 1. The Morgan fingerprint density at radius 2 is 1.88 bits per heavy atom. The van der Waals surface area contributed by atoms with Gasteiger partial charge in [-0.3, -0.25) is 0 Å². The van der Waals surface area contributed by atoms with Gasteiger partial charge in [-0.1, -0.05) is 26.7 Å². The molecular weight excluding hydrogens is 316 g/mol. The van der Waals surface area contributed by atoms with Crippen LogP contribution in [0.2, 0.25) is 0 Å². The summed E-state index contributed by atoms with van der Waals surface area (Å²) in [6, 6.07) is 3.73. The van der Waals surface area contributed by atoms with Crippen LogP contribution in [0.25, 0.3) is 0 Å². The lowest BCUT2D eigenvalue weighted by Crippen LogP contribution is -2.45. The molecular formula is C19H32N4O2. The third-order valence-electron chi connectivity index (χ3n) is 5.09. The smallest absolute Gasteiger partial charge is 0.315 e. The lowest BCUT2D eigenvalue weighted by Gasteiger charge is -2.25. The van der Waals surface area contributed by atoms with Crippen LogP contribution in [-0.2, 0) is 6.54 Å². The van der Waals surface area contributed by atoms with E-state index >= 15 is 0 Å². The zero-order chi connectivity index (χ0) is 18.1. The minimum Gasteiger partial charge on any atom is -0.388 e. The van der Waals surface area contributed by atoms with Crippen molar-refractivity contribution in [3.63, 3.8) is 0 Å². The largest absolute Gasteiger partial charge is 0.388 e. The van der Waals surface area contributed by atoms with Gasteiger partial charge in [-0.15, -0.1) is 0 Å². The van der Waals surface area contributed by atoms with Crippen LogP contribution in [0.3, 0.4) is 0 Å². The first-order valence-corrected chi connectivity index (χ1v) is 9.50. The molecule has 2 heterocycles. The molecule has 140 valence electrons. The van der Waals surface area contributed by atoms with E-state index in [1.165, 1.54) is 25.7 Å². The first kappa shape index (κ1) is 19.5. The van der Waals surface area contributed by atoms with Gasteiger partial charge in [0.25, 0.3) is 0 Å². The van der Waals surface area contributed by atoms with Crippen molar-refractivity contribution in [2.45, 2.75) is 64.5 Å². The van der Waals surface area contributed by atoms with Gasteiger partial charge in [0.1, 0.15) is 5.82 Å². The zero-order valence-corrected chi connectivity index (χ0v) is 15.6. The number of pyridine rings is 1. The van der Waals surface area contributed by atoms with Crippen molar-refractivity contribution < 1.29 is 9.90 Å². The van der Waals surface area contributed by atoms with E-state index in [-0.39, 0.29) is 12.6 Å². The van der Waals surface area contributed by atoms with Crippen LogP contribution >= 0.6 is 0 Å². The topological polar surface area (TPSA) is 77.5 Å². The van der Waals surface area contributed by atoms with E-state index in [9.17, 15) is 9.90 Å². The second-order valence-electron chi connectivity index (χ2n) is 6.89. The first-order chi connectivity index (χ1) is 12.1. The fourth-order valence-corrected chi connectivity index (χ4v) is 3.03. The summed E-state index contributed by atoms with van der Waals surface area (Å²) in [4.78, 5) is 18.8. The SMILES string of the molecule is CCC(O)(CC)CNC(=O)NCc1ccnc(N2CCCCCC2)c1. The van der Waals surface area contributed by atoms with Gasteiger partial charge < -0.3 is 20.6 Å². The molecule has 0 radical (unpaired) electrons. The molecule has 0 aromatic carbocycles. The third kappa shape index (κ3) is 6.20. The minimum absolute atomic E-state index is 0.256. The van der Waals surface area contributed by atoms with Crippen molar-refractivity contribution in [2.75, 3.05) is 24.5 Å². The number of rotatable bonds is 7. The van der Waals surface area contributed by atoms with E-state index in [1.807, 2.05) is 26.1 Å². The highest BCUT2D eigenvalue weighted by atomic mass is 16.3. The lowest BCUT2D eigenvalue weighted by atomic mass is 9.98. The Labute approximate surface area is 151 Å². The summed E-state index contributed by atoms with van der Waals surface area (Å²) in [7, 11) is 0. The highest BCUT2D eigenvalue weighted by molar-refractivity contribution is 5.73. The number of amides is 2. The number of nitrogens with zero attached hydrogens (tertiary/aromatic N) is 2. The Bertz CT molecular complexity index is 538. The number of aliphatic hydroxyl groups is 1. The summed E-state index contributed by atoms with van der Waals surface area (Å²) >= 11 is 0. The van der Waals surface area contributed by atoms with Gasteiger partial charge in [-0.2, -0.15) is 0 Å². The molecule has 1 aliphatic rings. The maximum Gasteiger partial charge on any atom is 0.315 e. The number of hydrogen-bond acceptors (Lipinski definition) is 4. The fourth-order valence-electron chi connectivity index (χ4n) is 3.03. The van der Waals surface area contributed by atoms with E-state index in [0.717, 1.165) is 24.5 Å². The van der Waals surface area contributed by atoms with Gasteiger partial charge in [-0.25, -0.2) is 9.78 Å². The molecule has 0 bridgehead atoms. The molecule has 0 spiro atoms. The first-order valence-electron chi connectivity index (χ1n) is 9.50. The third-order valence-corrected chi connectivity index (χ3v) is 5.09. The normalized spacial score (nSPS) is 15.6. The van der Waals surface area contributed by atoms with Crippen LogP contribution in [0, 0.1) is 0 Å². The molecule has 1 saturated heterocycles. The highest BCUT2D eigenvalue weighted by Crippen LogP contribution is 2.18. The second-order valence-corrected chi connectivity index (χ2v) is 6.89. The van der Waals surface area contributed by atoms with Crippen LogP contribution < -0.4 is 15.5 Å². The zero-order valence-electron chi connectivity index (χ0n) is 15.6. The molecule has 1 aromatic heterocycles. The maximum atomic E-state index is 12.0. The van der Waals surface area contributed by atoms with E-state index < -0.39 is 5.60 Å². The molecule has 1 fully saturated rings. The average Bonchev–Trinajstić information content (AvgIpc) is 2.94. The quantitative estimate of drug-likeness (QED) is 0.708. The summed E-state index contributed by atoms with van der Waals surface area (Å²) in [5.74, 6) is 0.993. The number of hydrogen-bond donors (Lipinski definition) is 3. The monoisotopic (exact) mass is 348 g/mol. The van der Waals surface area contributed by atoms with Crippen molar-refractivity contribution in [2.24, 2.45) is 0 Å². The lowest BCUT2D eigenvalue weighted by molar-refractivity contribution is 0.0349. The summed E-state index contributed by atoms with van der Waals surface area (Å²) in [5.41, 5.74) is 0.208. The number of aromatic nitrogens is 1. The van der Waals surface area contributed by atoms with Crippen LogP contribution in [0.1, 0.15) is 57.9 Å². The Morgan fingerprint density at radius 3 is 2.52 bits per heavy atom. The van der Waals surface area contributed by atoms with E-state index in [4.69, 9.17) is 0 Å². The molecule has 0 atom stereocenters. The number of nitrogens with one attached hydrogen (secondary N) is 2.